The fraction of sp³-hybridized carbons (Fsp3) is 1.00. The molecule has 0 aromatic heterocycles. The van der Waals surface area contributed by atoms with Crippen molar-refractivity contribution in [2.75, 3.05) is 6.61 Å². The average molecular weight is 244 g/mol. The van der Waals surface area contributed by atoms with Gasteiger partial charge in [0.25, 0.3) is 0 Å². The van der Waals surface area contributed by atoms with Crippen LogP contribution in [0.3, 0.4) is 0 Å². The van der Waals surface area contributed by atoms with E-state index in [0.29, 0.717) is 0 Å². The summed E-state index contributed by atoms with van der Waals surface area (Å²) >= 11 is 0. The SMILES string of the molecule is CCOS(=O)(=O)OOS(=O)(=O)[O-].[Na+]. The Balaban J connectivity index is 0. The Labute approximate surface area is 97.7 Å². The second-order valence-corrected chi connectivity index (χ2v) is 3.50. The van der Waals surface area contributed by atoms with Gasteiger partial charge in [-0.2, -0.15) is 8.42 Å². The molecule has 13 heavy (non-hydrogen) atoms. The molecule has 11 heteroatoms. The summed E-state index contributed by atoms with van der Waals surface area (Å²) in [7, 11) is -9.77. The summed E-state index contributed by atoms with van der Waals surface area (Å²) in [6, 6.07) is 0. The maximum Gasteiger partial charge on any atom is 1.00 e. The molecule has 0 radical (unpaired) electrons. The van der Waals surface area contributed by atoms with Gasteiger partial charge in [-0.25, -0.2) is 12.6 Å². The third kappa shape index (κ3) is 10.7. The van der Waals surface area contributed by atoms with Crippen molar-refractivity contribution in [2.24, 2.45) is 0 Å². The Morgan fingerprint density at radius 3 is 1.92 bits per heavy atom. The van der Waals surface area contributed by atoms with Crippen LogP contribution in [0.1, 0.15) is 6.92 Å². The van der Waals surface area contributed by atoms with Gasteiger partial charge in [0.2, 0.25) is 10.4 Å². The molecule has 0 atom stereocenters. The maximum absolute atomic E-state index is 10.3. The van der Waals surface area contributed by atoms with E-state index < -0.39 is 20.8 Å². The van der Waals surface area contributed by atoms with E-state index in [2.05, 4.69) is 12.9 Å². The van der Waals surface area contributed by atoms with Crippen molar-refractivity contribution in [2.45, 2.75) is 6.92 Å². The van der Waals surface area contributed by atoms with Crippen LogP contribution in [0.15, 0.2) is 0 Å². The van der Waals surface area contributed by atoms with Gasteiger partial charge >= 0.3 is 40.0 Å². The quantitative estimate of drug-likeness (QED) is 0.156. The number of hydrogen-bond acceptors (Lipinski definition) is 8. The van der Waals surface area contributed by atoms with Crippen LogP contribution < -0.4 is 29.6 Å². The number of rotatable bonds is 5. The third-order valence-corrected chi connectivity index (χ3v) is 1.54. The first-order chi connectivity index (χ1) is 5.27. The summed E-state index contributed by atoms with van der Waals surface area (Å²) in [5.74, 6) is 0. The van der Waals surface area contributed by atoms with Gasteiger partial charge in [0, 0.05) is 0 Å². The minimum Gasteiger partial charge on any atom is -0.724 e. The van der Waals surface area contributed by atoms with Crippen LogP contribution in [0.25, 0.3) is 0 Å². The molecule has 0 rings (SSSR count). The Hall–Kier alpha value is 0.740. The van der Waals surface area contributed by atoms with Gasteiger partial charge in [0.05, 0.1) is 6.61 Å². The molecule has 0 aliphatic rings. The molecule has 0 amide bonds. The zero-order chi connectivity index (χ0) is 9.83. The largest absolute Gasteiger partial charge is 1.00 e. The summed E-state index contributed by atoms with van der Waals surface area (Å²) in [4.78, 5) is 0. The fourth-order valence-corrected chi connectivity index (χ4v) is 1.10. The molecule has 0 bridgehead atoms. The van der Waals surface area contributed by atoms with Gasteiger partial charge in [-0.15, -0.1) is 0 Å². The third-order valence-electron chi connectivity index (χ3n) is 0.457. The van der Waals surface area contributed by atoms with Crippen LogP contribution in [0.5, 0.6) is 0 Å². The van der Waals surface area contributed by atoms with E-state index in [1.54, 1.807) is 0 Å². The minimum atomic E-state index is -5.21. The van der Waals surface area contributed by atoms with Crippen molar-refractivity contribution in [3.8, 4) is 0 Å². The first kappa shape index (κ1) is 16.2. The van der Waals surface area contributed by atoms with Crippen molar-refractivity contribution < 1.29 is 63.8 Å². The van der Waals surface area contributed by atoms with Gasteiger partial charge in [-0.1, -0.05) is 8.67 Å². The minimum absolute atomic E-state index is 0. The van der Waals surface area contributed by atoms with E-state index in [1.807, 2.05) is 0 Å². The summed E-state index contributed by atoms with van der Waals surface area (Å²) in [6.07, 6.45) is 0. The second kappa shape index (κ2) is 6.27. The fourth-order valence-electron chi connectivity index (χ4n) is 0.232. The zero-order valence-corrected chi connectivity index (χ0v) is 10.4. The molecule has 0 aliphatic carbocycles. The van der Waals surface area contributed by atoms with Crippen LogP contribution in [0, 0.1) is 0 Å². The molecule has 0 N–H and O–H groups in total. The Kier molecular flexibility index (Phi) is 7.80. The van der Waals surface area contributed by atoms with Crippen molar-refractivity contribution in [3.63, 3.8) is 0 Å². The topological polar surface area (TPSA) is 119 Å². The molecule has 0 saturated carbocycles. The molecule has 0 aromatic carbocycles. The van der Waals surface area contributed by atoms with E-state index >= 15 is 0 Å². The molecular weight excluding hydrogens is 239 g/mol. The first-order valence-electron chi connectivity index (χ1n) is 2.50. The average Bonchev–Trinajstić information content (AvgIpc) is 1.83. The molecule has 0 saturated heterocycles. The number of hydrogen-bond donors (Lipinski definition) is 0. The smallest absolute Gasteiger partial charge is 0.724 e. The summed E-state index contributed by atoms with van der Waals surface area (Å²) in [6.45, 7) is 1.04. The maximum atomic E-state index is 10.3. The predicted molar refractivity (Wildman–Crippen MR) is 32.4 cm³/mol. The van der Waals surface area contributed by atoms with Crippen molar-refractivity contribution in [1.82, 2.24) is 0 Å². The molecule has 74 valence electrons. The van der Waals surface area contributed by atoms with Crippen LogP contribution in [0.4, 0.5) is 0 Å². The molecular formula is C2H5NaO8S2. The molecule has 0 heterocycles. The van der Waals surface area contributed by atoms with Gasteiger partial charge in [0.15, 0.2) is 0 Å². The van der Waals surface area contributed by atoms with Gasteiger partial charge in [-0.3, -0.25) is 0 Å². The molecule has 0 fully saturated rings. The Morgan fingerprint density at radius 2 is 1.62 bits per heavy atom. The van der Waals surface area contributed by atoms with E-state index in [9.17, 15) is 21.4 Å². The second-order valence-electron chi connectivity index (χ2n) is 1.36. The zero-order valence-electron chi connectivity index (χ0n) is 6.79. The molecule has 0 unspecified atom stereocenters. The van der Waals surface area contributed by atoms with Gasteiger partial charge in [0.1, 0.15) is 0 Å². The van der Waals surface area contributed by atoms with Crippen molar-refractivity contribution in [3.05, 3.63) is 0 Å². The summed E-state index contributed by atoms with van der Waals surface area (Å²) < 4.78 is 59.6. The summed E-state index contributed by atoms with van der Waals surface area (Å²) in [5, 5.41) is 0. The van der Waals surface area contributed by atoms with Gasteiger partial charge < -0.3 is 4.55 Å². The Bertz CT molecular complexity index is 314. The van der Waals surface area contributed by atoms with E-state index in [0.717, 1.165) is 0 Å². The van der Waals surface area contributed by atoms with E-state index in [1.165, 1.54) is 6.92 Å². The van der Waals surface area contributed by atoms with Crippen molar-refractivity contribution >= 4 is 20.8 Å². The van der Waals surface area contributed by atoms with Gasteiger partial charge in [-0.05, 0) is 6.92 Å². The normalized spacial score (nSPS) is 12.2. The molecule has 8 nitrogen and oxygen atoms in total. The molecule has 0 spiro atoms. The Morgan fingerprint density at radius 1 is 1.15 bits per heavy atom. The van der Waals surface area contributed by atoms with Crippen LogP contribution in [-0.2, 0) is 33.6 Å². The summed E-state index contributed by atoms with van der Waals surface area (Å²) in [5.41, 5.74) is 0. The molecule has 0 aliphatic heterocycles. The van der Waals surface area contributed by atoms with E-state index in [-0.39, 0.29) is 36.2 Å². The predicted octanol–water partition coefficient (Wildman–Crippen LogP) is -4.32. The van der Waals surface area contributed by atoms with Crippen LogP contribution in [0.2, 0.25) is 0 Å². The van der Waals surface area contributed by atoms with Crippen LogP contribution in [-0.4, -0.2) is 28.0 Å². The van der Waals surface area contributed by atoms with Crippen LogP contribution >= 0.6 is 0 Å². The van der Waals surface area contributed by atoms with E-state index in [4.69, 9.17) is 0 Å². The standard InChI is InChI=1S/C2H6O8S2.Na/c1-2-8-12(6,7)10-9-11(3,4)5;/h2H2,1H3,(H,3,4,5);/q;+1/p-1. The monoisotopic (exact) mass is 244 g/mol. The molecule has 0 aromatic rings. The first-order valence-corrected chi connectivity index (χ1v) is 5.16. The van der Waals surface area contributed by atoms with Crippen molar-refractivity contribution in [1.29, 1.82) is 0 Å².